The average molecular weight is 385 g/mol. The summed E-state index contributed by atoms with van der Waals surface area (Å²) in [4.78, 5) is 25.4. The SMILES string of the molecule is CCN(C(=O)COC(=O)COc1ccc(OC)cc1)[C@@H]1CCS(=O)(=O)C1. The molecule has 9 heteroatoms. The molecule has 2 rings (SSSR count). The van der Waals surface area contributed by atoms with Crippen LogP contribution in [0.2, 0.25) is 0 Å². The second-order valence-electron chi connectivity index (χ2n) is 5.86. The van der Waals surface area contributed by atoms with E-state index < -0.39 is 28.3 Å². The van der Waals surface area contributed by atoms with E-state index in [4.69, 9.17) is 14.2 Å². The van der Waals surface area contributed by atoms with Gasteiger partial charge in [-0.05, 0) is 37.6 Å². The van der Waals surface area contributed by atoms with Gasteiger partial charge in [0.25, 0.3) is 5.91 Å². The van der Waals surface area contributed by atoms with Gasteiger partial charge in [-0.3, -0.25) is 4.79 Å². The van der Waals surface area contributed by atoms with Crippen LogP contribution in [0.4, 0.5) is 0 Å². The largest absolute Gasteiger partial charge is 0.497 e. The molecule has 0 saturated carbocycles. The predicted octanol–water partition coefficient (Wildman–Crippen LogP) is 0.653. The molecular formula is C17H23NO7S. The summed E-state index contributed by atoms with van der Waals surface area (Å²) in [5.74, 6) is 0.0918. The molecule has 144 valence electrons. The van der Waals surface area contributed by atoms with E-state index in [1.165, 1.54) is 4.90 Å². The van der Waals surface area contributed by atoms with Crippen LogP contribution in [0.1, 0.15) is 13.3 Å². The van der Waals surface area contributed by atoms with Crippen molar-refractivity contribution in [3.05, 3.63) is 24.3 Å². The number of rotatable bonds is 8. The lowest BCUT2D eigenvalue weighted by Gasteiger charge is -2.26. The number of hydrogen-bond donors (Lipinski definition) is 0. The van der Waals surface area contributed by atoms with Crippen molar-refractivity contribution in [1.29, 1.82) is 0 Å². The van der Waals surface area contributed by atoms with Crippen LogP contribution in [0.5, 0.6) is 11.5 Å². The molecule has 0 spiro atoms. The first-order valence-electron chi connectivity index (χ1n) is 8.27. The highest BCUT2D eigenvalue weighted by atomic mass is 32.2. The molecule has 0 radical (unpaired) electrons. The number of carbonyl (C=O) groups excluding carboxylic acids is 2. The highest BCUT2D eigenvalue weighted by molar-refractivity contribution is 7.91. The Morgan fingerprint density at radius 1 is 1.15 bits per heavy atom. The summed E-state index contributed by atoms with van der Waals surface area (Å²) >= 11 is 0. The molecule has 1 amide bonds. The maximum Gasteiger partial charge on any atom is 0.344 e. The Kier molecular flexibility index (Phi) is 6.84. The molecule has 1 saturated heterocycles. The molecule has 1 atom stereocenters. The van der Waals surface area contributed by atoms with Gasteiger partial charge in [-0.1, -0.05) is 0 Å². The summed E-state index contributed by atoms with van der Waals surface area (Å²) in [5.41, 5.74) is 0. The zero-order valence-corrected chi connectivity index (χ0v) is 15.7. The summed E-state index contributed by atoms with van der Waals surface area (Å²) in [5, 5.41) is 0. The normalized spacial score (nSPS) is 18.2. The molecule has 1 heterocycles. The quantitative estimate of drug-likeness (QED) is 0.606. The van der Waals surface area contributed by atoms with E-state index in [0.717, 1.165) is 0 Å². The van der Waals surface area contributed by atoms with E-state index in [2.05, 4.69) is 0 Å². The first-order chi connectivity index (χ1) is 12.3. The lowest BCUT2D eigenvalue weighted by atomic mass is 10.2. The fourth-order valence-corrected chi connectivity index (χ4v) is 4.47. The lowest BCUT2D eigenvalue weighted by Crippen LogP contribution is -2.43. The third kappa shape index (κ3) is 5.62. The minimum absolute atomic E-state index is 0.0406. The second-order valence-corrected chi connectivity index (χ2v) is 8.09. The van der Waals surface area contributed by atoms with Gasteiger partial charge in [0.05, 0.1) is 18.6 Å². The van der Waals surface area contributed by atoms with Crippen LogP contribution in [0.15, 0.2) is 24.3 Å². The van der Waals surface area contributed by atoms with Gasteiger partial charge in [-0.2, -0.15) is 0 Å². The molecule has 8 nitrogen and oxygen atoms in total. The van der Waals surface area contributed by atoms with Gasteiger partial charge >= 0.3 is 5.97 Å². The predicted molar refractivity (Wildman–Crippen MR) is 93.9 cm³/mol. The third-order valence-corrected chi connectivity index (χ3v) is 5.83. The van der Waals surface area contributed by atoms with E-state index in [0.29, 0.717) is 24.5 Å². The first kappa shape index (κ1) is 20.0. The molecular weight excluding hydrogens is 362 g/mol. The van der Waals surface area contributed by atoms with Crippen molar-refractivity contribution in [2.45, 2.75) is 19.4 Å². The standard InChI is InChI=1S/C17H23NO7S/c1-3-18(13-8-9-26(21,22)12-13)16(19)10-25-17(20)11-24-15-6-4-14(23-2)5-7-15/h4-7,13H,3,8-12H2,1-2H3/t13-/m1/s1. The molecule has 1 aliphatic rings. The van der Waals surface area contributed by atoms with Gasteiger partial charge in [0.2, 0.25) is 0 Å². The van der Waals surface area contributed by atoms with Crippen molar-refractivity contribution in [3.63, 3.8) is 0 Å². The Labute approximate surface area is 152 Å². The maximum atomic E-state index is 12.2. The average Bonchev–Trinajstić information content (AvgIpc) is 2.98. The van der Waals surface area contributed by atoms with Crippen LogP contribution in [-0.2, 0) is 24.2 Å². The van der Waals surface area contributed by atoms with Crippen molar-refractivity contribution in [3.8, 4) is 11.5 Å². The van der Waals surface area contributed by atoms with Crippen molar-refractivity contribution in [1.82, 2.24) is 4.90 Å². The fraction of sp³-hybridized carbons (Fsp3) is 0.529. The summed E-state index contributed by atoms with van der Waals surface area (Å²) < 4.78 is 38.4. The van der Waals surface area contributed by atoms with Gasteiger partial charge < -0.3 is 19.1 Å². The number of methoxy groups -OCH3 is 1. The number of hydrogen-bond acceptors (Lipinski definition) is 7. The zero-order valence-electron chi connectivity index (χ0n) is 14.8. The van der Waals surface area contributed by atoms with E-state index in [1.54, 1.807) is 38.3 Å². The number of esters is 1. The van der Waals surface area contributed by atoms with E-state index >= 15 is 0 Å². The minimum Gasteiger partial charge on any atom is -0.497 e. The molecule has 1 aromatic carbocycles. The van der Waals surface area contributed by atoms with Gasteiger partial charge in [0, 0.05) is 12.6 Å². The van der Waals surface area contributed by atoms with E-state index in [1.807, 2.05) is 0 Å². The number of carbonyl (C=O) groups is 2. The Morgan fingerprint density at radius 3 is 2.35 bits per heavy atom. The lowest BCUT2D eigenvalue weighted by molar-refractivity contribution is -0.154. The van der Waals surface area contributed by atoms with Crippen LogP contribution < -0.4 is 9.47 Å². The van der Waals surface area contributed by atoms with E-state index in [9.17, 15) is 18.0 Å². The highest BCUT2D eigenvalue weighted by Crippen LogP contribution is 2.18. The summed E-state index contributed by atoms with van der Waals surface area (Å²) in [6, 6.07) is 6.33. The molecule has 26 heavy (non-hydrogen) atoms. The van der Waals surface area contributed by atoms with Crippen LogP contribution in [-0.4, -0.2) is 69.6 Å². The molecule has 0 aromatic heterocycles. The molecule has 1 fully saturated rings. The maximum absolute atomic E-state index is 12.2. The summed E-state index contributed by atoms with van der Waals surface area (Å²) in [7, 11) is -1.54. The zero-order chi connectivity index (χ0) is 19.2. The summed E-state index contributed by atoms with van der Waals surface area (Å²) in [6.07, 6.45) is 0.413. The van der Waals surface area contributed by atoms with Crippen LogP contribution >= 0.6 is 0 Å². The van der Waals surface area contributed by atoms with Crippen LogP contribution in [0.25, 0.3) is 0 Å². The second kappa shape index (κ2) is 8.88. The molecule has 1 aliphatic heterocycles. The number of benzene rings is 1. The van der Waals surface area contributed by atoms with Crippen LogP contribution in [0, 0.1) is 0 Å². The molecule has 0 aliphatic carbocycles. The topological polar surface area (TPSA) is 99.2 Å². The smallest absolute Gasteiger partial charge is 0.344 e. The Morgan fingerprint density at radius 2 is 1.81 bits per heavy atom. The van der Waals surface area contributed by atoms with E-state index in [-0.39, 0.29) is 24.2 Å². The Balaban J connectivity index is 1.77. The van der Waals surface area contributed by atoms with Gasteiger partial charge in [-0.25, -0.2) is 13.2 Å². The Hall–Kier alpha value is -2.29. The fourth-order valence-electron chi connectivity index (χ4n) is 2.74. The summed E-state index contributed by atoms with van der Waals surface area (Å²) in [6.45, 7) is 1.36. The van der Waals surface area contributed by atoms with Crippen LogP contribution in [0.3, 0.4) is 0 Å². The molecule has 0 bridgehead atoms. The van der Waals surface area contributed by atoms with Crippen molar-refractivity contribution in [2.75, 3.05) is 38.4 Å². The Bertz CT molecular complexity index is 730. The first-order valence-corrected chi connectivity index (χ1v) is 10.1. The molecule has 1 aromatic rings. The number of ether oxygens (including phenoxy) is 3. The van der Waals surface area contributed by atoms with Gasteiger partial charge in [-0.15, -0.1) is 0 Å². The van der Waals surface area contributed by atoms with Crippen molar-refractivity contribution >= 4 is 21.7 Å². The highest BCUT2D eigenvalue weighted by Gasteiger charge is 2.34. The van der Waals surface area contributed by atoms with Gasteiger partial charge in [0.15, 0.2) is 23.1 Å². The van der Waals surface area contributed by atoms with Crippen molar-refractivity contribution in [2.24, 2.45) is 0 Å². The number of amides is 1. The molecule has 0 unspecified atom stereocenters. The van der Waals surface area contributed by atoms with Gasteiger partial charge in [0.1, 0.15) is 11.5 Å². The third-order valence-electron chi connectivity index (χ3n) is 4.08. The monoisotopic (exact) mass is 385 g/mol. The minimum atomic E-state index is -3.09. The van der Waals surface area contributed by atoms with Crippen molar-refractivity contribution < 1.29 is 32.2 Å². The number of likely N-dealkylation sites (N-methyl/N-ethyl adjacent to an activating group) is 1. The number of sulfone groups is 1. The number of nitrogens with zero attached hydrogens (tertiary/aromatic N) is 1. The molecule has 0 N–H and O–H groups in total.